The quantitative estimate of drug-likeness (QED) is 0.639. The molecule has 0 bridgehead atoms. The van der Waals surface area contributed by atoms with Crippen molar-refractivity contribution in [3.05, 3.63) is 35.1 Å². The highest BCUT2D eigenvalue weighted by Gasteiger charge is 2.18. The van der Waals surface area contributed by atoms with Crippen molar-refractivity contribution in [3.8, 4) is 0 Å². The maximum absolute atomic E-state index is 13.3. The second-order valence-corrected chi connectivity index (χ2v) is 5.76. The molecule has 1 aromatic carbocycles. The summed E-state index contributed by atoms with van der Waals surface area (Å²) in [5.41, 5.74) is 2.31. The minimum absolute atomic E-state index is 0.139. The first-order valence-electron chi connectivity index (χ1n) is 8.11. The molecular formula is C18H30FN. The normalized spacial score (nSPS) is 14.2. The van der Waals surface area contributed by atoms with E-state index in [2.05, 4.69) is 26.1 Å². The topological polar surface area (TPSA) is 12.0 Å². The van der Waals surface area contributed by atoms with Crippen LogP contribution in [0, 0.1) is 18.7 Å². The number of unbranched alkanes of at least 4 members (excludes halogenated alkanes) is 1. The zero-order valence-electron chi connectivity index (χ0n) is 13.5. The number of benzene rings is 1. The van der Waals surface area contributed by atoms with Gasteiger partial charge in [0.05, 0.1) is 0 Å². The summed E-state index contributed by atoms with van der Waals surface area (Å²) < 4.78 is 13.3. The van der Waals surface area contributed by atoms with Gasteiger partial charge in [-0.1, -0.05) is 52.5 Å². The van der Waals surface area contributed by atoms with Gasteiger partial charge in [-0.15, -0.1) is 0 Å². The van der Waals surface area contributed by atoms with Crippen LogP contribution in [0.15, 0.2) is 18.2 Å². The van der Waals surface area contributed by atoms with Crippen molar-refractivity contribution in [1.29, 1.82) is 0 Å². The minimum atomic E-state index is -0.139. The molecule has 0 fully saturated rings. The SMILES string of the molecule is CCCCC(CC)CC(NCC)c1ccc(F)cc1C. The molecule has 0 saturated heterocycles. The van der Waals surface area contributed by atoms with Crippen LogP contribution in [0.5, 0.6) is 0 Å². The molecule has 0 aliphatic carbocycles. The van der Waals surface area contributed by atoms with Crippen molar-refractivity contribution >= 4 is 0 Å². The fraction of sp³-hybridized carbons (Fsp3) is 0.667. The molecule has 20 heavy (non-hydrogen) atoms. The summed E-state index contributed by atoms with van der Waals surface area (Å²) in [7, 11) is 0. The van der Waals surface area contributed by atoms with Crippen LogP contribution in [0.1, 0.15) is 70.0 Å². The summed E-state index contributed by atoms with van der Waals surface area (Å²) in [5.74, 6) is 0.614. The van der Waals surface area contributed by atoms with E-state index in [4.69, 9.17) is 0 Å². The number of halogens is 1. The van der Waals surface area contributed by atoms with Crippen molar-refractivity contribution in [2.75, 3.05) is 6.54 Å². The molecule has 1 aromatic rings. The van der Waals surface area contributed by atoms with Crippen LogP contribution in [0.2, 0.25) is 0 Å². The van der Waals surface area contributed by atoms with Gasteiger partial charge in [0.1, 0.15) is 5.82 Å². The molecule has 0 saturated carbocycles. The Labute approximate surface area is 124 Å². The van der Waals surface area contributed by atoms with Crippen molar-refractivity contribution in [2.45, 2.75) is 65.8 Å². The first-order valence-corrected chi connectivity index (χ1v) is 8.11. The smallest absolute Gasteiger partial charge is 0.123 e. The van der Waals surface area contributed by atoms with E-state index >= 15 is 0 Å². The molecule has 2 unspecified atom stereocenters. The van der Waals surface area contributed by atoms with E-state index in [1.165, 1.54) is 31.2 Å². The number of nitrogens with one attached hydrogen (secondary N) is 1. The third kappa shape index (κ3) is 5.24. The van der Waals surface area contributed by atoms with Crippen LogP contribution in [-0.2, 0) is 0 Å². The fourth-order valence-electron chi connectivity index (χ4n) is 2.91. The zero-order chi connectivity index (χ0) is 15.0. The molecule has 0 heterocycles. The van der Waals surface area contributed by atoms with Gasteiger partial charge in [-0.3, -0.25) is 0 Å². The van der Waals surface area contributed by atoms with Gasteiger partial charge in [0, 0.05) is 6.04 Å². The molecule has 1 nitrogen and oxygen atoms in total. The second kappa shape index (κ2) is 9.12. The lowest BCUT2D eigenvalue weighted by molar-refractivity contribution is 0.356. The first kappa shape index (κ1) is 17.2. The summed E-state index contributed by atoms with van der Waals surface area (Å²) in [6.45, 7) is 9.62. The molecule has 2 heteroatoms. The number of rotatable bonds is 9. The van der Waals surface area contributed by atoms with Crippen LogP contribution < -0.4 is 5.32 Å². The number of aryl methyl sites for hydroxylation is 1. The standard InChI is InChI=1S/C18H30FN/c1-5-8-9-15(6-2)13-18(20-7-3)17-11-10-16(19)12-14(17)4/h10-12,15,18,20H,5-9,13H2,1-4H3. The van der Waals surface area contributed by atoms with Gasteiger partial charge < -0.3 is 5.32 Å². The second-order valence-electron chi connectivity index (χ2n) is 5.76. The maximum atomic E-state index is 13.3. The summed E-state index contributed by atoms with van der Waals surface area (Å²) in [5, 5.41) is 3.58. The van der Waals surface area contributed by atoms with Crippen molar-refractivity contribution in [2.24, 2.45) is 5.92 Å². The van der Waals surface area contributed by atoms with Crippen LogP contribution in [0.3, 0.4) is 0 Å². The van der Waals surface area contributed by atoms with Crippen molar-refractivity contribution < 1.29 is 4.39 Å². The van der Waals surface area contributed by atoms with E-state index in [0.717, 1.165) is 24.4 Å². The lowest BCUT2D eigenvalue weighted by Gasteiger charge is -2.25. The monoisotopic (exact) mass is 279 g/mol. The predicted octanol–water partition coefficient (Wildman–Crippen LogP) is 5.39. The van der Waals surface area contributed by atoms with E-state index < -0.39 is 0 Å². The first-order chi connectivity index (χ1) is 9.62. The Balaban J connectivity index is 2.81. The third-order valence-corrected chi connectivity index (χ3v) is 4.17. The van der Waals surface area contributed by atoms with Crippen LogP contribution in [0.25, 0.3) is 0 Å². The Morgan fingerprint density at radius 2 is 1.95 bits per heavy atom. The average Bonchev–Trinajstić information content (AvgIpc) is 2.42. The van der Waals surface area contributed by atoms with E-state index in [1.54, 1.807) is 12.1 Å². The van der Waals surface area contributed by atoms with E-state index in [1.807, 2.05) is 13.0 Å². The molecule has 0 spiro atoms. The number of hydrogen-bond donors (Lipinski definition) is 1. The highest BCUT2D eigenvalue weighted by Crippen LogP contribution is 2.28. The lowest BCUT2D eigenvalue weighted by atomic mass is 9.88. The largest absolute Gasteiger partial charge is 0.310 e. The summed E-state index contributed by atoms with van der Waals surface area (Å²) in [6, 6.07) is 5.53. The lowest BCUT2D eigenvalue weighted by Crippen LogP contribution is -2.24. The molecule has 1 rings (SSSR count). The molecule has 0 amide bonds. The van der Waals surface area contributed by atoms with Gasteiger partial charge in [0.2, 0.25) is 0 Å². The molecule has 0 aliphatic rings. The molecule has 0 radical (unpaired) electrons. The van der Waals surface area contributed by atoms with Gasteiger partial charge >= 0.3 is 0 Å². The fourth-order valence-corrected chi connectivity index (χ4v) is 2.91. The zero-order valence-corrected chi connectivity index (χ0v) is 13.5. The maximum Gasteiger partial charge on any atom is 0.123 e. The van der Waals surface area contributed by atoms with Gasteiger partial charge in [0.15, 0.2) is 0 Å². The summed E-state index contributed by atoms with van der Waals surface area (Å²) >= 11 is 0. The van der Waals surface area contributed by atoms with Crippen LogP contribution >= 0.6 is 0 Å². The van der Waals surface area contributed by atoms with Gasteiger partial charge in [-0.05, 0) is 49.1 Å². The molecule has 0 aromatic heterocycles. The van der Waals surface area contributed by atoms with Gasteiger partial charge in [0.25, 0.3) is 0 Å². The van der Waals surface area contributed by atoms with Crippen LogP contribution in [0.4, 0.5) is 4.39 Å². The van der Waals surface area contributed by atoms with Gasteiger partial charge in [-0.2, -0.15) is 0 Å². The van der Waals surface area contributed by atoms with E-state index in [-0.39, 0.29) is 5.82 Å². The average molecular weight is 279 g/mol. The molecule has 0 aliphatic heterocycles. The van der Waals surface area contributed by atoms with E-state index in [0.29, 0.717) is 6.04 Å². The molecular weight excluding hydrogens is 249 g/mol. The Morgan fingerprint density at radius 3 is 2.50 bits per heavy atom. The Morgan fingerprint density at radius 1 is 1.20 bits per heavy atom. The Hall–Kier alpha value is -0.890. The van der Waals surface area contributed by atoms with Crippen molar-refractivity contribution in [1.82, 2.24) is 5.32 Å². The highest BCUT2D eigenvalue weighted by atomic mass is 19.1. The molecule has 2 atom stereocenters. The summed E-state index contributed by atoms with van der Waals surface area (Å²) in [4.78, 5) is 0. The minimum Gasteiger partial charge on any atom is -0.310 e. The van der Waals surface area contributed by atoms with Crippen molar-refractivity contribution in [3.63, 3.8) is 0 Å². The third-order valence-electron chi connectivity index (χ3n) is 4.17. The Kier molecular flexibility index (Phi) is 7.83. The Bertz CT molecular complexity index is 389. The van der Waals surface area contributed by atoms with Gasteiger partial charge in [-0.25, -0.2) is 4.39 Å². The molecule has 1 N–H and O–H groups in total. The highest BCUT2D eigenvalue weighted by molar-refractivity contribution is 5.29. The number of hydrogen-bond acceptors (Lipinski definition) is 1. The van der Waals surface area contributed by atoms with Crippen LogP contribution in [-0.4, -0.2) is 6.54 Å². The molecule has 114 valence electrons. The predicted molar refractivity (Wildman–Crippen MR) is 85.5 cm³/mol. The van der Waals surface area contributed by atoms with E-state index in [9.17, 15) is 4.39 Å². The summed E-state index contributed by atoms with van der Waals surface area (Å²) in [6.07, 6.45) is 6.24.